The Bertz CT molecular complexity index is 450. The van der Waals surface area contributed by atoms with Gasteiger partial charge in [0, 0.05) is 0 Å². The van der Waals surface area contributed by atoms with Crippen molar-refractivity contribution in [3.8, 4) is 5.75 Å². The lowest BCUT2D eigenvalue weighted by Crippen LogP contribution is -3.13. The number of benzene rings is 1. The molecule has 2 rings (SSSR count). The third-order valence-corrected chi connectivity index (χ3v) is 3.92. The summed E-state index contributed by atoms with van der Waals surface area (Å²) >= 11 is 0. The van der Waals surface area contributed by atoms with E-state index in [1.807, 2.05) is 12.1 Å². The lowest BCUT2D eigenvalue weighted by Gasteiger charge is -2.23. The van der Waals surface area contributed by atoms with Crippen molar-refractivity contribution >= 4 is 5.97 Å². The summed E-state index contributed by atoms with van der Waals surface area (Å²) in [4.78, 5) is 13.5. The van der Waals surface area contributed by atoms with E-state index in [9.17, 15) is 4.79 Å². The molecule has 0 spiro atoms. The molecule has 0 aliphatic carbocycles. The Labute approximate surface area is 133 Å². The van der Waals surface area contributed by atoms with Gasteiger partial charge in [0.05, 0.1) is 25.3 Å². The van der Waals surface area contributed by atoms with E-state index < -0.39 is 0 Å². The smallest absolute Gasteiger partial charge is 0.338 e. The van der Waals surface area contributed by atoms with Crippen LogP contribution in [0.5, 0.6) is 5.75 Å². The van der Waals surface area contributed by atoms with Gasteiger partial charge in [0.25, 0.3) is 0 Å². The van der Waals surface area contributed by atoms with Gasteiger partial charge in [-0.05, 0) is 49.4 Å². The number of carbonyl (C=O) groups excluding carboxylic acids is 1. The SMILES string of the molecule is CC(C)COc1ccc(C(=O)OCC[NH+]2CCCCC2)cc1. The van der Waals surface area contributed by atoms with Crippen molar-refractivity contribution < 1.29 is 19.2 Å². The van der Waals surface area contributed by atoms with Gasteiger partial charge in [-0.3, -0.25) is 0 Å². The van der Waals surface area contributed by atoms with Crippen LogP contribution in [0.15, 0.2) is 24.3 Å². The number of ether oxygens (including phenoxy) is 2. The summed E-state index contributed by atoms with van der Waals surface area (Å²) in [5, 5.41) is 0. The highest BCUT2D eigenvalue weighted by atomic mass is 16.5. The summed E-state index contributed by atoms with van der Waals surface area (Å²) in [6, 6.07) is 7.20. The van der Waals surface area contributed by atoms with E-state index in [1.165, 1.54) is 32.4 Å². The maximum atomic E-state index is 12.0. The molecule has 4 nitrogen and oxygen atoms in total. The fourth-order valence-electron chi connectivity index (χ4n) is 2.62. The normalized spacial score (nSPS) is 15.8. The van der Waals surface area contributed by atoms with E-state index >= 15 is 0 Å². The molecule has 0 amide bonds. The molecule has 22 heavy (non-hydrogen) atoms. The van der Waals surface area contributed by atoms with Crippen molar-refractivity contribution in [2.75, 3.05) is 32.8 Å². The first-order chi connectivity index (χ1) is 10.6. The van der Waals surface area contributed by atoms with E-state index in [-0.39, 0.29) is 5.97 Å². The minimum atomic E-state index is -0.244. The average Bonchev–Trinajstić information content (AvgIpc) is 2.54. The predicted octanol–water partition coefficient (Wildman–Crippen LogP) is 1.95. The Morgan fingerprint density at radius 3 is 2.45 bits per heavy atom. The van der Waals surface area contributed by atoms with E-state index in [4.69, 9.17) is 9.47 Å². The minimum absolute atomic E-state index is 0.244. The topological polar surface area (TPSA) is 40.0 Å². The van der Waals surface area contributed by atoms with Crippen LogP contribution in [0.2, 0.25) is 0 Å². The molecule has 1 N–H and O–H groups in total. The quantitative estimate of drug-likeness (QED) is 0.783. The first-order valence-electron chi connectivity index (χ1n) is 8.38. The third-order valence-electron chi connectivity index (χ3n) is 3.92. The second kappa shape index (κ2) is 8.79. The van der Waals surface area contributed by atoms with Crippen LogP contribution in [0.25, 0.3) is 0 Å². The van der Waals surface area contributed by atoms with Crippen LogP contribution in [0.1, 0.15) is 43.5 Å². The standard InChI is InChI=1S/C18H27NO3/c1-15(2)14-22-17-8-6-16(7-9-17)18(20)21-13-12-19-10-4-3-5-11-19/h6-9,15H,3-5,10-14H2,1-2H3/p+1. The highest BCUT2D eigenvalue weighted by Crippen LogP contribution is 2.13. The predicted molar refractivity (Wildman–Crippen MR) is 86.5 cm³/mol. The maximum absolute atomic E-state index is 12.0. The first-order valence-corrected chi connectivity index (χ1v) is 8.38. The molecule has 1 aromatic rings. The van der Waals surface area contributed by atoms with Crippen molar-refractivity contribution in [3.05, 3.63) is 29.8 Å². The van der Waals surface area contributed by atoms with Crippen molar-refractivity contribution in [1.29, 1.82) is 0 Å². The fourth-order valence-corrected chi connectivity index (χ4v) is 2.62. The molecular formula is C18H28NO3+. The molecule has 1 aromatic carbocycles. The number of hydrogen-bond acceptors (Lipinski definition) is 3. The molecule has 1 aliphatic heterocycles. The van der Waals surface area contributed by atoms with Gasteiger partial charge in [0.15, 0.2) is 0 Å². The Morgan fingerprint density at radius 1 is 1.14 bits per heavy atom. The highest BCUT2D eigenvalue weighted by Gasteiger charge is 2.14. The Hall–Kier alpha value is -1.55. The molecule has 1 aliphatic rings. The van der Waals surface area contributed by atoms with Gasteiger partial charge in [0.2, 0.25) is 0 Å². The van der Waals surface area contributed by atoms with Crippen LogP contribution < -0.4 is 9.64 Å². The molecular weight excluding hydrogens is 278 g/mol. The number of carbonyl (C=O) groups is 1. The molecule has 0 bridgehead atoms. The van der Waals surface area contributed by atoms with Crippen LogP contribution in [0.4, 0.5) is 0 Å². The second-order valence-electron chi connectivity index (χ2n) is 6.43. The van der Waals surface area contributed by atoms with Gasteiger partial charge >= 0.3 is 5.97 Å². The number of nitrogens with one attached hydrogen (secondary N) is 1. The van der Waals surface area contributed by atoms with Crippen LogP contribution in [-0.2, 0) is 4.74 Å². The summed E-state index contributed by atoms with van der Waals surface area (Å²) in [6.07, 6.45) is 3.93. The highest BCUT2D eigenvalue weighted by molar-refractivity contribution is 5.89. The van der Waals surface area contributed by atoms with E-state index in [1.54, 1.807) is 17.0 Å². The second-order valence-corrected chi connectivity index (χ2v) is 6.43. The van der Waals surface area contributed by atoms with Crippen LogP contribution in [-0.4, -0.2) is 38.8 Å². The van der Waals surface area contributed by atoms with Gasteiger partial charge in [-0.25, -0.2) is 4.79 Å². The van der Waals surface area contributed by atoms with Gasteiger partial charge in [0.1, 0.15) is 18.9 Å². The van der Waals surface area contributed by atoms with E-state index in [0.29, 0.717) is 24.7 Å². The third kappa shape index (κ3) is 5.68. The lowest BCUT2D eigenvalue weighted by atomic mass is 10.1. The number of likely N-dealkylation sites (tertiary alicyclic amines) is 1. The molecule has 122 valence electrons. The van der Waals surface area contributed by atoms with Gasteiger partial charge in [-0.1, -0.05) is 13.8 Å². The Kier molecular flexibility index (Phi) is 6.72. The van der Waals surface area contributed by atoms with Crippen LogP contribution >= 0.6 is 0 Å². The van der Waals surface area contributed by atoms with Crippen molar-refractivity contribution in [2.24, 2.45) is 5.92 Å². The Balaban J connectivity index is 1.72. The zero-order valence-corrected chi connectivity index (χ0v) is 13.8. The monoisotopic (exact) mass is 306 g/mol. The van der Waals surface area contributed by atoms with Gasteiger partial charge < -0.3 is 14.4 Å². The van der Waals surface area contributed by atoms with E-state index in [2.05, 4.69) is 13.8 Å². The lowest BCUT2D eigenvalue weighted by molar-refractivity contribution is -0.905. The molecule has 1 fully saturated rings. The summed E-state index contributed by atoms with van der Waals surface area (Å²) in [7, 11) is 0. The number of quaternary nitrogens is 1. The summed E-state index contributed by atoms with van der Waals surface area (Å²) < 4.78 is 11.0. The van der Waals surface area contributed by atoms with Gasteiger partial charge in [-0.2, -0.15) is 0 Å². The molecule has 1 heterocycles. The molecule has 0 aromatic heterocycles. The molecule has 0 atom stereocenters. The fraction of sp³-hybridized carbons (Fsp3) is 0.611. The molecule has 0 saturated carbocycles. The largest absolute Gasteiger partial charge is 0.493 e. The van der Waals surface area contributed by atoms with Crippen LogP contribution in [0, 0.1) is 5.92 Å². The Morgan fingerprint density at radius 2 is 1.82 bits per heavy atom. The number of esters is 1. The van der Waals surface area contributed by atoms with Crippen molar-refractivity contribution in [1.82, 2.24) is 0 Å². The molecule has 0 radical (unpaired) electrons. The molecule has 4 heteroatoms. The zero-order chi connectivity index (χ0) is 15.8. The average molecular weight is 306 g/mol. The molecule has 1 saturated heterocycles. The van der Waals surface area contributed by atoms with Crippen molar-refractivity contribution in [2.45, 2.75) is 33.1 Å². The van der Waals surface area contributed by atoms with Crippen molar-refractivity contribution in [3.63, 3.8) is 0 Å². The van der Waals surface area contributed by atoms with Crippen LogP contribution in [0.3, 0.4) is 0 Å². The van der Waals surface area contributed by atoms with Gasteiger partial charge in [-0.15, -0.1) is 0 Å². The maximum Gasteiger partial charge on any atom is 0.338 e. The minimum Gasteiger partial charge on any atom is -0.493 e. The number of rotatable bonds is 7. The first kappa shape index (κ1) is 16.8. The zero-order valence-electron chi connectivity index (χ0n) is 13.8. The van der Waals surface area contributed by atoms with E-state index in [0.717, 1.165) is 12.3 Å². The summed E-state index contributed by atoms with van der Waals surface area (Å²) in [5.74, 6) is 1.04. The number of hydrogen-bond donors (Lipinski definition) is 1. The summed E-state index contributed by atoms with van der Waals surface area (Å²) in [6.45, 7) is 8.73. The number of piperidine rings is 1. The molecule has 0 unspecified atom stereocenters. The summed E-state index contributed by atoms with van der Waals surface area (Å²) in [5.41, 5.74) is 0.588.